The fourth-order valence-electron chi connectivity index (χ4n) is 10.4. The Hall–Kier alpha value is -5.66. The molecule has 0 amide bonds. The molecular weight excluding hydrogens is 705 g/mol. The zero-order valence-electron chi connectivity index (χ0n) is 37.7. The number of hydrogen-bond donors (Lipinski definition) is 0. The molecule has 8 rings (SSSR count). The van der Waals surface area contributed by atoms with Crippen LogP contribution in [0.4, 0.5) is 34.1 Å². The van der Waals surface area contributed by atoms with Crippen molar-refractivity contribution in [2.45, 2.75) is 124 Å². The van der Waals surface area contributed by atoms with Crippen LogP contribution in [0.5, 0.6) is 0 Å². The zero-order valence-corrected chi connectivity index (χ0v) is 37.7. The summed E-state index contributed by atoms with van der Waals surface area (Å²) >= 11 is 0. The van der Waals surface area contributed by atoms with Gasteiger partial charge in [-0.2, -0.15) is 5.26 Å². The molecular formula is C54H58N4. The molecule has 2 aliphatic rings. The molecule has 2 aliphatic heterocycles. The van der Waals surface area contributed by atoms with Crippen molar-refractivity contribution in [2.75, 3.05) is 9.80 Å². The van der Waals surface area contributed by atoms with Gasteiger partial charge in [-0.25, -0.2) is 0 Å². The Labute approximate surface area is 347 Å². The number of benzene rings is 5. The van der Waals surface area contributed by atoms with Gasteiger partial charge >= 0.3 is 0 Å². The summed E-state index contributed by atoms with van der Waals surface area (Å²) in [5.41, 5.74) is 36.8. The van der Waals surface area contributed by atoms with Crippen LogP contribution in [0.1, 0.15) is 117 Å². The molecule has 0 aliphatic carbocycles. The van der Waals surface area contributed by atoms with E-state index in [9.17, 15) is 5.26 Å². The van der Waals surface area contributed by atoms with Crippen molar-refractivity contribution < 1.29 is 0 Å². The minimum Gasteiger partial charge on any atom is -0.309 e. The summed E-state index contributed by atoms with van der Waals surface area (Å²) in [5, 5.41) is 10.6. The summed E-state index contributed by atoms with van der Waals surface area (Å²) < 4.78 is 0. The SMILES string of the molecule is Cc1c(C)c(C)c2c(c1C)Cc1c(C)c(C)c(C)c(C)c1N2c1ccncc1-c1ccc(C#N)cc1N1c2c(C)c(C)c(C)c(C)c2Cc2c(C)c(C)c(C)c(C)c21. The van der Waals surface area contributed by atoms with Gasteiger partial charge in [-0.3, -0.25) is 4.98 Å². The van der Waals surface area contributed by atoms with Crippen LogP contribution in [-0.2, 0) is 12.8 Å². The lowest BCUT2D eigenvalue weighted by Gasteiger charge is -2.42. The predicted molar refractivity (Wildman–Crippen MR) is 245 cm³/mol. The maximum absolute atomic E-state index is 10.6. The van der Waals surface area contributed by atoms with Crippen molar-refractivity contribution >= 4 is 34.1 Å². The van der Waals surface area contributed by atoms with Crippen molar-refractivity contribution in [3.8, 4) is 17.2 Å². The smallest absolute Gasteiger partial charge is 0.0992 e. The molecule has 6 aromatic rings. The summed E-state index contributed by atoms with van der Waals surface area (Å²) in [4.78, 5) is 10.0. The Kier molecular flexibility index (Phi) is 9.28. The Morgan fingerprint density at radius 2 is 0.759 bits per heavy atom. The van der Waals surface area contributed by atoms with E-state index in [0.717, 1.165) is 35.3 Å². The fraction of sp³-hybridized carbons (Fsp3) is 0.333. The highest BCUT2D eigenvalue weighted by Gasteiger charge is 2.37. The Bertz CT molecular complexity index is 2720. The molecule has 0 fully saturated rings. The van der Waals surface area contributed by atoms with Crippen LogP contribution in [0, 0.1) is 122 Å². The number of pyridine rings is 1. The number of anilines is 6. The van der Waals surface area contributed by atoms with Gasteiger partial charge in [-0.1, -0.05) is 6.07 Å². The molecule has 294 valence electrons. The summed E-state index contributed by atoms with van der Waals surface area (Å²) in [6, 6.07) is 11.0. The molecule has 58 heavy (non-hydrogen) atoms. The number of fused-ring (bicyclic) bond motifs is 4. The quantitative estimate of drug-likeness (QED) is 0.180. The van der Waals surface area contributed by atoms with E-state index in [1.54, 1.807) is 0 Å². The topological polar surface area (TPSA) is 43.2 Å². The predicted octanol–water partition coefficient (Wildman–Crippen LogP) is 14.3. The molecule has 0 atom stereocenters. The van der Waals surface area contributed by atoms with Crippen molar-refractivity contribution in [3.05, 3.63) is 153 Å². The van der Waals surface area contributed by atoms with Gasteiger partial charge in [0.15, 0.2) is 0 Å². The van der Waals surface area contributed by atoms with Crippen LogP contribution >= 0.6 is 0 Å². The van der Waals surface area contributed by atoms with Crippen LogP contribution in [0.15, 0.2) is 36.7 Å². The van der Waals surface area contributed by atoms with Crippen molar-refractivity contribution in [1.29, 1.82) is 5.26 Å². The van der Waals surface area contributed by atoms with Crippen LogP contribution < -0.4 is 9.80 Å². The molecule has 0 saturated carbocycles. The average molecular weight is 763 g/mol. The van der Waals surface area contributed by atoms with Gasteiger partial charge < -0.3 is 9.80 Å². The molecule has 0 radical (unpaired) electrons. The highest BCUT2D eigenvalue weighted by Crippen LogP contribution is 2.57. The number of nitrogens with zero attached hydrogens (tertiary/aromatic N) is 4. The lowest BCUT2D eigenvalue weighted by molar-refractivity contribution is 0.993. The van der Waals surface area contributed by atoms with Crippen molar-refractivity contribution in [1.82, 2.24) is 4.98 Å². The van der Waals surface area contributed by atoms with E-state index < -0.39 is 0 Å². The lowest BCUT2D eigenvalue weighted by Crippen LogP contribution is -2.26. The molecule has 0 saturated heterocycles. The second-order valence-electron chi connectivity index (χ2n) is 17.6. The third-order valence-corrected chi connectivity index (χ3v) is 15.4. The minimum absolute atomic E-state index is 0.637. The zero-order chi connectivity index (χ0) is 42.0. The van der Waals surface area contributed by atoms with Crippen LogP contribution in [-0.4, -0.2) is 4.98 Å². The standard InChI is InChI=1S/C54H58N4/c1-26-30(5)38(13)51-44(34(26)9)22-45-35(10)27(2)31(6)39(14)52(45)57(51)49-19-20-56-25-48(49)43-18-17-42(24-55)21-50(43)58-53-40(15)32(7)28(3)36(11)46(53)23-47-37(12)29(4)33(8)41(16)54(47)58/h17-21,25H,22-23H2,1-16H3. The van der Waals surface area contributed by atoms with Crippen LogP contribution in [0.3, 0.4) is 0 Å². The van der Waals surface area contributed by atoms with Gasteiger partial charge in [0.2, 0.25) is 0 Å². The van der Waals surface area contributed by atoms with Crippen molar-refractivity contribution in [2.24, 2.45) is 0 Å². The third kappa shape index (κ3) is 5.28. The van der Waals surface area contributed by atoms with Crippen LogP contribution in [0.2, 0.25) is 0 Å². The van der Waals surface area contributed by atoms with E-state index >= 15 is 0 Å². The highest BCUT2D eigenvalue weighted by atomic mass is 15.2. The maximum Gasteiger partial charge on any atom is 0.0992 e. The van der Waals surface area contributed by atoms with E-state index in [4.69, 9.17) is 4.98 Å². The van der Waals surface area contributed by atoms with Gasteiger partial charge in [-0.15, -0.1) is 0 Å². The van der Waals surface area contributed by atoms with Gasteiger partial charge in [0, 0.05) is 36.4 Å². The average Bonchev–Trinajstić information content (AvgIpc) is 3.23. The van der Waals surface area contributed by atoms with Crippen LogP contribution in [0.25, 0.3) is 11.1 Å². The molecule has 4 heteroatoms. The highest BCUT2D eigenvalue weighted by molar-refractivity contribution is 6.01. The van der Waals surface area contributed by atoms with E-state index in [1.165, 1.54) is 134 Å². The normalized spacial score (nSPS) is 12.9. The number of nitriles is 1. The monoisotopic (exact) mass is 762 g/mol. The lowest BCUT2D eigenvalue weighted by atomic mass is 9.80. The Morgan fingerprint density at radius 3 is 1.12 bits per heavy atom. The van der Waals surface area contributed by atoms with Crippen molar-refractivity contribution in [3.63, 3.8) is 0 Å². The summed E-state index contributed by atoms with van der Waals surface area (Å²) in [6.07, 6.45) is 5.79. The second kappa shape index (κ2) is 13.7. The third-order valence-electron chi connectivity index (χ3n) is 15.4. The summed E-state index contributed by atoms with van der Waals surface area (Å²) in [7, 11) is 0. The summed E-state index contributed by atoms with van der Waals surface area (Å²) in [5.74, 6) is 0. The van der Waals surface area contributed by atoms with E-state index in [1.807, 2.05) is 12.3 Å². The molecule has 0 bridgehead atoms. The van der Waals surface area contributed by atoms with Gasteiger partial charge in [0.25, 0.3) is 0 Å². The fourth-order valence-corrected chi connectivity index (χ4v) is 10.4. The van der Waals surface area contributed by atoms with E-state index in [2.05, 4.69) is 151 Å². The summed E-state index contributed by atoms with van der Waals surface area (Å²) in [6.45, 7) is 36.6. The molecule has 0 spiro atoms. The van der Waals surface area contributed by atoms with E-state index in [0.29, 0.717) is 5.56 Å². The van der Waals surface area contributed by atoms with Gasteiger partial charge in [0.1, 0.15) is 0 Å². The molecule has 1 aromatic heterocycles. The maximum atomic E-state index is 10.6. The first-order valence-electron chi connectivity index (χ1n) is 20.9. The largest absolute Gasteiger partial charge is 0.309 e. The Balaban J connectivity index is 1.52. The molecule has 4 nitrogen and oxygen atoms in total. The first-order chi connectivity index (χ1) is 27.4. The number of hydrogen-bond acceptors (Lipinski definition) is 4. The Morgan fingerprint density at radius 1 is 0.414 bits per heavy atom. The number of aromatic nitrogens is 1. The van der Waals surface area contributed by atoms with Gasteiger partial charge in [0.05, 0.1) is 45.8 Å². The van der Waals surface area contributed by atoms with Gasteiger partial charge in [-0.05, 0) is 240 Å². The first-order valence-corrected chi connectivity index (χ1v) is 20.9. The number of rotatable bonds is 3. The molecule has 5 aromatic carbocycles. The first kappa shape index (κ1) is 39.2. The van der Waals surface area contributed by atoms with E-state index in [-0.39, 0.29) is 0 Å². The minimum atomic E-state index is 0.637. The molecule has 3 heterocycles. The second-order valence-corrected chi connectivity index (χ2v) is 17.6. The molecule has 0 unspecified atom stereocenters. The molecule has 0 N–H and O–H groups in total.